The average Bonchev–Trinajstić information content (AvgIpc) is 2.89. The molecule has 0 bridgehead atoms. The molecule has 2 aromatic rings. The van der Waals surface area contributed by atoms with Gasteiger partial charge >= 0.3 is 0 Å². The summed E-state index contributed by atoms with van der Waals surface area (Å²) in [5.74, 6) is 0.551. The second kappa shape index (κ2) is 5.95. The highest BCUT2D eigenvalue weighted by Gasteiger charge is 2.21. The lowest BCUT2D eigenvalue weighted by Gasteiger charge is -2.16. The summed E-state index contributed by atoms with van der Waals surface area (Å²) in [4.78, 5) is 0. The Bertz CT molecular complexity index is 692. The van der Waals surface area contributed by atoms with Crippen LogP contribution in [-0.2, 0) is 12.8 Å². The fraction of sp³-hybridized carbons (Fsp3) is 0.250. The summed E-state index contributed by atoms with van der Waals surface area (Å²) in [6, 6.07) is 8.02. The van der Waals surface area contributed by atoms with E-state index < -0.39 is 6.04 Å². The van der Waals surface area contributed by atoms with Crippen molar-refractivity contribution in [2.45, 2.75) is 18.9 Å². The minimum Gasteiger partial charge on any atom is -0.493 e. The summed E-state index contributed by atoms with van der Waals surface area (Å²) >= 11 is 9.42. The molecule has 3 rings (SSSR count). The van der Waals surface area contributed by atoms with Crippen LogP contribution in [-0.4, -0.2) is 6.61 Å². The molecule has 0 saturated carbocycles. The maximum Gasteiger partial charge on any atom is 0.128 e. The Labute approximate surface area is 136 Å². The molecule has 0 amide bonds. The van der Waals surface area contributed by atoms with Crippen molar-refractivity contribution >= 4 is 27.5 Å². The first-order valence-electron chi connectivity index (χ1n) is 6.69. The second-order valence-electron chi connectivity index (χ2n) is 5.13. The third-order valence-corrected chi connectivity index (χ3v) is 4.32. The van der Waals surface area contributed by atoms with Crippen molar-refractivity contribution < 1.29 is 9.13 Å². The topological polar surface area (TPSA) is 35.2 Å². The van der Waals surface area contributed by atoms with Gasteiger partial charge in [0.15, 0.2) is 0 Å². The first-order valence-corrected chi connectivity index (χ1v) is 7.86. The molecule has 2 aromatic carbocycles. The van der Waals surface area contributed by atoms with Crippen molar-refractivity contribution in [3.8, 4) is 5.75 Å². The van der Waals surface area contributed by atoms with E-state index in [1.54, 1.807) is 6.07 Å². The zero-order valence-electron chi connectivity index (χ0n) is 11.2. The Hall–Kier alpha value is -1.10. The van der Waals surface area contributed by atoms with Crippen LogP contribution in [0.3, 0.4) is 0 Å². The van der Waals surface area contributed by atoms with Crippen LogP contribution in [0.25, 0.3) is 0 Å². The molecule has 0 saturated heterocycles. The summed E-state index contributed by atoms with van der Waals surface area (Å²) < 4.78 is 20.6. The van der Waals surface area contributed by atoms with E-state index in [0.29, 0.717) is 23.6 Å². The van der Waals surface area contributed by atoms with Gasteiger partial charge in [0.1, 0.15) is 11.6 Å². The molecule has 0 fully saturated rings. The van der Waals surface area contributed by atoms with E-state index in [0.717, 1.165) is 27.8 Å². The van der Waals surface area contributed by atoms with Crippen LogP contribution in [0.2, 0.25) is 5.02 Å². The second-order valence-corrected chi connectivity index (χ2v) is 6.48. The zero-order valence-corrected chi connectivity index (χ0v) is 13.5. The molecule has 2 N–H and O–H groups in total. The lowest BCUT2D eigenvalue weighted by molar-refractivity contribution is 0.352. The first kappa shape index (κ1) is 14.8. The molecule has 1 unspecified atom stereocenters. The molecule has 1 heterocycles. The number of ether oxygens (including phenoxy) is 1. The number of benzene rings is 2. The van der Waals surface area contributed by atoms with Crippen molar-refractivity contribution in [2.75, 3.05) is 6.61 Å². The summed E-state index contributed by atoms with van der Waals surface area (Å²) in [5, 5.41) is 0.484. The average molecular weight is 371 g/mol. The fourth-order valence-corrected chi connectivity index (χ4v) is 3.38. The van der Waals surface area contributed by atoms with Crippen LogP contribution < -0.4 is 10.5 Å². The van der Waals surface area contributed by atoms with E-state index in [9.17, 15) is 4.39 Å². The van der Waals surface area contributed by atoms with Gasteiger partial charge in [0, 0.05) is 27.5 Å². The standard InChI is InChI=1S/C16H14BrClFNO/c17-11-5-9-3-4-21-16(9)10(6-11)7-15(20)13-8-12(18)1-2-14(13)19/h1-2,5-6,8,15H,3-4,7,20H2. The smallest absolute Gasteiger partial charge is 0.128 e. The lowest BCUT2D eigenvalue weighted by atomic mass is 9.97. The summed E-state index contributed by atoms with van der Waals surface area (Å²) in [5.41, 5.74) is 8.75. The van der Waals surface area contributed by atoms with Gasteiger partial charge in [-0.25, -0.2) is 4.39 Å². The van der Waals surface area contributed by atoms with E-state index in [2.05, 4.69) is 22.0 Å². The molecule has 0 aromatic heterocycles. The highest BCUT2D eigenvalue weighted by molar-refractivity contribution is 9.10. The Morgan fingerprint density at radius 1 is 1.33 bits per heavy atom. The molecule has 0 spiro atoms. The molecule has 2 nitrogen and oxygen atoms in total. The Balaban J connectivity index is 1.92. The minimum atomic E-state index is -0.466. The van der Waals surface area contributed by atoms with Crippen molar-refractivity contribution in [3.63, 3.8) is 0 Å². The van der Waals surface area contributed by atoms with E-state index in [1.165, 1.54) is 12.1 Å². The van der Waals surface area contributed by atoms with Gasteiger partial charge in [0.25, 0.3) is 0 Å². The summed E-state index contributed by atoms with van der Waals surface area (Å²) in [7, 11) is 0. The maximum atomic E-state index is 13.9. The third kappa shape index (κ3) is 3.07. The summed E-state index contributed by atoms with van der Waals surface area (Å²) in [6.45, 7) is 0.680. The molecule has 110 valence electrons. The van der Waals surface area contributed by atoms with Crippen LogP contribution in [0, 0.1) is 5.82 Å². The molecular formula is C16H14BrClFNO. The number of hydrogen-bond acceptors (Lipinski definition) is 2. The molecular weight excluding hydrogens is 357 g/mol. The van der Waals surface area contributed by atoms with Gasteiger partial charge in [-0.1, -0.05) is 27.5 Å². The molecule has 5 heteroatoms. The van der Waals surface area contributed by atoms with Gasteiger partial charge < -0.3 is 10.5 Å². The van der Waals surface area contributed by atoms with E-state index in [1.807, 2.05) is 6.07 Å². The number of nitrogens with two attached hydrogens (primary N) is 1. The largest absolute Gasteiger partial charge is 0.493 e. The van der Waals surface area contributed by atoms with Crippen molar-refractivity contribution in [1.82, 2.24) is 0 Å². The third-order valence-electron chi connectivity index (χ3n) is 3.62. The lowest BCUT2D eigenvalue weighted by Crippen LogP contribution is -2.15. The van der Waals surface area contributed by atoms with Gasteiger partial charge in [-0.15, -0.1) is 0 Å². The molecule has 21 heavy (non-hydrogen) atoms. The Kier molecular flexibility index (Phi) is 4.20. The molecule has 1 aliphatic rings. The number of rotatable bonds is 3. The zero-order chi connectivity index (χ0) is 15.0. The van der Waals surface area contributed by atoms with Crippen molar-refractivity contribution in [1.29, 1.82) is 0 Å². The van der Waals surface area contributed by atoms with E-state index in [4.69, 9.17) is 22.1 Å². The molecule has 1 atom stereocenters. The predicted octanol–water partition coefficient (Wildman–Crippen LogP) is 4.42. The van der Waals surface area contributed by atoms with E-state index >= 15 is 0 Å². The molecule has 0 radical (unpaired) electrons. The fourth-order valence-electron chi connectivity index (χ4n) is 2.64. The maximum absolute atomic E-state index is 13.9. The minimum absolute atomic E-state index is 0.334. The van der Waals surface area contributed by atoms with E-state index in [-0.39, 0.29) is 5.82 Å². The Morgan fingerprint density at radius 3 is 2.95 bits per heavy atom. The highest BCUT2D eigenvalue weighted by atomic mass is 79.9. The molecule has 0 aliphatic carbocycles. The monoisotopic (exact) mass is 369 g/mol. The quantitative estimate of drug-likeness (QED) is 0.868. The van der Waals surface area contributed by atoms with Crippen LogP contribution >= 0.6 is 27.5 Å². The van der Waals surface area contributed by atoms with Crippen LogP contribution in [0.4, 0.5) is 4.39 Å². The van der Waals surface area contributed by atoms with Gasteiger partial charge in [-0.3, -0.25) is 0 Å². The first-order chi connectivity index (χ1) is 10.0. The van der Waals surface area contributed by atoms with Crippen LogP contribution in [0.5, 0.6) is 5.75 Å². The SMILES string of the molecule is NC(Cc1cc(Br)cc2c1OCC2)c1cc(Cl)ccc1F. The van der Waals surface area contributed by atoms with Crippen molar-refractivity contribution in [3.05, 3.63) is 62.3 Å². The highest BCUT2D eigenvalue weighted by Crippen LogP contribution is 2.35. The number of fused-ring (bicyclic) bond motifs is 1. The van der Waals surface area contributed by atoms with Gasteiger partial charge in [0.05, 0.1) is 6.61 Å². The number of hydrogen-bond donors (Lipinski definition) is 1. The molecule has 1 aliphatic heterocycles. The van der Waals surface area contributed by atoms with Crippen LogP contribution in [0.1, 0.15) is 22.7 Å². The van der Waals surface area contributed by atoms with Crippen LogP contribution in [0.15, 0.2) is 34.8 Å². The summed E-state index contributed by atoms with van der Waals surface area (Å²) in [6.07, 6.45) is 1.39. The predicted molar refractivity (Wildman–Crippen MR) is 85.4 cm³/mol. The normalized spacial score (nSPS) is 14.7. The Morgan fingerprint density at radius 2 is 2.14 bits per heavy atom. The van der Waals surface area contributed by atoms with Gasteiger partial charge in [0.2, 0.25) is 0 Å². The van der Waals surface area contributed by atoms with Gasteiger partial charge in [-0.2, -0.15) is 0 Å². The number of halogens is 3. The van der Waals surface area contributed by atoms with Gasteiger partial charge in [-0.05, 0) is 47.9 Å². The van der Waals surface area contributed by atoms with Crippen molar-refractivity contribution in [2.24, 2.45) is 5.73 Å².